The first kappa shape index (κ1) is 17.4. The molecule has 2 amide bonds. The summed E-state index contributed by atoms with van der Waals surface area (Å²) in [5, 5.41) is 3.06. The van der Waals surface area contributed by atoms with E-state index >= 15 is 0 Å². The second kappa shape index (κ2) is 7.72. The van der Waals surface area contributed by atoms with Crippen LogP contribution in [0.25, 0.3) is 10.2 Å². The summed E-state index contributed by atoms with van der Waals surface area (Å²) in [6.45, 7) is 2.48. The number of nitrogens with one attached hydrogen (secondary N) is 1. The van der Waals surface area contributed by atoms with Crippen LogP contribution in [0.3, 0.4) is 0 Å². The Morgan fingerprint density at radius 2 is 2.12 bits per heavy atom. The van der Waals surface area contributed by atoms with Gasteiger partial charge in [0.15, 0.2) is 0 Å². The van der Waals surface area contributed by atoms with Gasteiger partial charge in [-0.25, -0.2) is 4.98 Å². The fraction of sp³-hybridized carbons (Fsp3) is 0.526. The van der Waals surface area contributed by atoms with Gasteiger partial charge in [-0.2, -0.15) is 0 Å². The van der Waals surface area contributed by atoms with Gasteiger partial charge in [-0.3, -0.25) is 9.59 Å². The molecule has 2 aliphatic rings. The molecular formula is C19H23N3O3S. The van der Waals surface area contributed by atoms with Gasteiger partial charge < -0.3 is 15.0 Å². The maximum atomic E-state index is 12.5. The molecule has 4 rings (SSSR count). The standard InChI is InChI=1S/C19H23N3O3S/c23-18(20-11-14-3-1-4-15-17(14)26-12-21-15)13-6-8-22(9-7-13)19(24)16-5-2-10-25-16/h1,3-4,12-13,16H,2,5-11H2,(H,20,23). The number of hydrogen-bond donors (Lipinski definition) is 1. The molecule has 26 heavy (non-hydrogen) atoms. The van der Waals surface area contributed by atoms with Crippen molar-refractivity contribution in [2.75, 3.05) is 19.7 Å². The number of nitrogens with zero attached hydrogens (tertiary/aromatic N) is 2. The number of amides is 2. The van der Waals surface area contributed by atoms with Crippen LogP contribution in [0.1, 0.15) is 31.2 Å². The lowest BCUT2D eigenvalue weighted by molar-refractivity contribution is -0.143. The molecule has 1 aromatic carbocycles. The molecule has 0 radical (unpaired) electrons. The minimum Gasteiger partial charge on any atom is -0.368 e. The number of thiazole rings is 1. The van der Waals surface area contributed by atoms with Crippen molar-refractivity contribution in [1.82, 2.24) is 15.2 Å². The van der Waals surface area contributed by atoms with Crippen LogP contribution < -0.4 is 5.32 Å². The fourth-order valence-corrected chi connectivity index (χ4v) is 4.55. The lowest BCUT2D eigenvalue weighted by Gasteiger charge is -2.32. The lowest BCUT2D eigenvalue weighted by atomic mass is 9.95. The molecular weight excluding hydrogens is 350 g/mol. The molecule has 0 aliphatic carbocycles. The van der Waals surface area contributed by atoms with Crippen LogP contribution in [-0.2, 0) is 20.9 Å². The Morgan fingerprint density at radius 3 is 2.88 bits per heavy atom. The van der Waals surface area contributed by atoms with Crippen molar-refractivity contribution in [1.29, 1.82) is 0 Å². The van der Waals surface area contributed by atoms with Crippen LogP contribution >= 0.6 is 11.3 Å². The van der Waals surface area contributed by atoms with Crippen molar-refractivity contribution in [2.24, 2.45) is 5.92 Å². The highest BCUT2D eigenvalue weighted by molar-refractivity contribution is 7.16. The number of aromatic nitrogens is 1. The number of fused-ring (bicyclic) bond motifs is 1. The van der Waals surface area contributed by atoms with Crippen LogP contribution in [-0.4, -0.2) is 47.5 Å². The van der Waals surface area contributed by atoms with Crippen LogP contribution in [0.5, 0.6) is 0 Å². The first-order valence-electron chi connectivity index (χ1n) is 9.21. The molecule has 0 saturated carbocycles. The molecule has 2 fully saturated rings. The van der Waals surface area contributed by atoms with E-state index in [1.807, 2.05) is 28.6 Å². The predicted octanol–water partition coefficient (Wildman–Crippen LogP) is 2.33. The van der Waals surface area contributed by atoms with Crippen molar-refractivity contribution in [2.45, 2.75) is 38.3 Å². The summed E-state index contributed by atoms with van der Waals surface area (Å²) >= 11 is 1.60. The van der Waals surface area contributed by atoms with Crippen molar-refractivity contribution >= 4 is 33.4 Å². The summed E-state index contributed by atoms with van der Waals surface area (Å²) < 4.78 is 6.61. The minimum absolute atomic E-state index is 0.0239. The van der Waals surface area contributed by atoms with Gasteiger partial charge in [0.2, 0.25) is 5.91 Å². The molecule has 1 N–H and O–H groups in total. The van der Waals surface area contributed by atoms with Crippen molar-refractivity contribution in [3.8, 4) is 0 Å². The highest BCUT2D eigenvalue weighted by atomic mass is 32.1. The van der Waals surface area contributed by atoms with E-state index in [-0.39, 0.29) is 23.8 Å². The number of likely N-dealkylation sites (tertiary alicyclic amines) is 1. The number of ether oxygens (including phenoxy) is 1. The molecule has 7 heteroatoms. The van der Waals surface area contributed by atoms with Crippen LogP contribution in [0.15, 0.2) is 23.7 Å². The van der Waals surface area contributed by atoms with E-state index in [1.165, 1.54) is 0 Å². The molecule has 2 saturated heterocycles. The van der Waals surface area contributed by atoms with Gasteiger partial charge in [0.05, 0.1) is 15.7 Å². The molecule has 1 atom stereocenters. The van der Waals surface area contributed by atoms with Gasteiger partial charge in [-0.15, -0.1) is 11.3 Å². The van der Waals surface area contributed by atoms with Gasteiger partial charge >= 0.3 is 0 Å². The summed E-state index contributed by atoms with van der Waals surface area (Å²) in [5.74, 6) is 0.151. The van der Waals surface area contributed by atoms with E-state index in [4.69, 9.17) is 4.74 Å². The molecule has 2 aromatic rings. The van der Waals surface area contributed by atoms with Crippen LogP contribution in [0, 0.1) is 5.92 Å². The zero-order chi connectivity index (χ0) is 17.9. The smallest absolute Gasteiger partial charge is 0.251 e. The van der Waals surface area contributed by atoms with E-state index in [9.17, 15) is 9.59 Å². The quantitative estimate of drug-likeness (QED) is 0.893. The SMILES string of the molecule is O=C(NCc1cccc2ncsc12)C1CCN(C(=O)C2CCCO2)CC1. The number of hydrogen-bond acceptors (Lipinski definition) is 5. The maximum Gasteiger partial charge on any atom is 0.251 e. The molecule has 1 aromatic heterocycles. The number of carbonyl (C=O) groups excluding carboxylic acids is 2. The van der Waals surface area contributed by atoms with E-state index in [0.29, 0.717) is 26.2 Å². The molecule has 138 valence electrons. The summed E-state index contributed by atoms with van der Waals surface area (Å²) in [6.07, 6.45) is 2.95. The molecule has 0 spiro atoms. The molecule has 6 nitrogen and oxygen atoms in total. The Bertz CT molecular complexity index is 792. The minimum atomic E-state index is -0.264. The largest absolute Gasteiger partial charge is 0.368 e. The Kier molecular flexibility index (Phi) is 5.17. The van der Waals surface area contributed by atoms with Gasteiger partial charge in [0.1, 0.15) is 6.10 Å². The summed E-state index contributed by atoms with van der Waals surface area (Å²) in [4.78, 5) is 31.1. The fourth-order valence-electron chi connectivity index (χ4n) is 3.75. The molecule has 3 heterocycles. The van der Waals surface area contributed by atoms with Crippen molar-refractivity contribution < 1.29 is 14.3 Å². The summed E-state index contributed by atoms with van der Waals surface area (Å²) in [6, 6.07) is 5.99. The first-order valence-corrected chi connectivity index (χ1v) is 10.1. The molecule has 2 aliphatic heterocycles. The number of rotatable bonds is 4. The van der Waals surface area contributed by atoms with E-state index in [2.05, 4.69) is 10.3 Å². The third kappa shape index (κ3) is 3.59. The van der Waals surface area contributed by atoms with E-state index < -0.39 is 0 Å². The lowest BCUT2D eigenvalue weighted by Crippen LogP contribution is -2.46. The first-order chi connectivity index (χ1) is 12.7. The zero-order valence-electron chi connectivity index (χ0n) is 14.6. The van der Waals surface area contributed by atoms with Gasteiger partial charge in [0, 0.05) is 32.2 Å². The second-order valence-electron chi connectivity index (χ2n) is 6.94. The normalized spacial score (nSPS) is 21.2. The second-order valence-corrected chi connectivity index (χ2v) is 7.79. The monoisotopic (exact) mass is 373 g/mol. The van der Waals surface area contributed by atoms with Crippen LogP contribution in [0.4, 0.5) is 0 Å². The highest BCUT2D eigenvalue weighted by Gasteiger charge is 2.32. The average molecular weight is 373 g/mol. The third-order valence-electron chi connectivity index (χ3n) is 5.27. The third-order valence-corrected chi connectivity index (χ3v) is 6.19. The van der Waals surface area contributed by atoms with Gasteiger partial charge in [-0.05, 0) is 37.3 Å². The van der Waals surface area contributed by atoms with Crippen LogP contribution in [0.2, 0.25) is 0 Å². The maximum absolute atomic E-state index is 12.5. The van der Waals surface area contributed by atoms with E-state index in [1.54, 1.807) is 11.3 Å². The Morgan fingerprint density at radius 1 is 1.27 bits per heavy atom. The van der Waals surface area contributed by atoms with Crippen molar-refractivity contribution in [3.63, 3.8) is 0 Å². The highest BCUT2D eigenvalue weighted by Crippen LogP contribution is 2.24. The summed E-state index contributed by atoms with van der Waals surface area (Å²) in [5.41, 5.74) is 3.91. The number of carbonyl (C=O) groups is 2. The van der Waals surface area contributed by atoms with Crippen molar-refractivity contribution in [3.05, 3.63) is 29.3 Å². The summed E-state index contributed by atoms with van der Waals surface area (Å²) in [7, 11) is 0. The Hall–Kier alpha value is -1.99. The number of benzene rings is 1. The predicted molar refractivity (Wildman–Crippen MR) is 99.7 cm³/mol. The van der Waals surface area contributed by atoms with E-state index in [0.717, 1.165) is 41.5 Å². The average Bonchev–Trinajstić information content (AvgIpc) is 3.37. The zero-order valence-corrected chi connectivity index (χ0v) is 15.5. The van der Waals surface area contributed by atoms with Gasteiger partial charge in [-0.1, -0.05) is 12.1 Å². The number of piperidine rings is 1. The molecule has 1 unspecified atom stereocenters. The molecule has 0 bridgehead atoms. The Labute approximate surface area is 156 Å². The topological polar surface area (TPSA) is 71.5 Å². The Balaban J connectivity index is 1.28. The van der Waals surface area contributed by atoms with Gasteiger partial charge in [0.25, 0.3) is 5.91 Å².